The summed E-state index contributed by atoms with van der Waals surface area (Å²) in [6, 6.07) is 3.81. The van der Waals surface area contributed by atoms with Crippen LogP contribution in [0.3, 0.4) is 0 Å². The minimum atomic E-state index is 0.00734. The van der Waals surface area contributed by atoms with Crippen molar-refractivity contribution in [2.24, 2.45) is 5.41 Å². The zero-order valence-electron chi connectivity index (χ0n) is 10.5. The number of hydrogen-bond acceptors (Lipinski definition) is 2. The summed E-state index contributed by atoms with van der Waals surface area (Å²) in [5.41, 5.74) is 0.00734. The molecular formula is C13H15Br2ClO2. The van der Waals surface area contributed by atoms with Crippen LogP contribution >= 0.6 is 43.5 Å². The van der Waals surface area contributed by atoms with Crippen LogP contribution in [-0.4, -0.2) is 18.6 Å². The summed E-state index contributed by atoms with van der Waals surface area (Å²) in [5.74, 6) is 1.58. The molecule has 0 spiro atoms. The number of alkyl halides is 1. The molecule has 0 saturated heterocycles. The average molecular weight is 399 g/mol. The van der Waals surface area contributed by atoms with Crippen LogP contribution in [0.15, 0.2) is 21.1 Å². The fourth-order valence-electron chi connectivity index (χ4n) is 1.95. The highest BCUT2D eigenvalue weighted by Crippen LogP contribution is 2.48. The number of methoxy groups -OCH3 is 1. The summed E-state index contributed by atoms with van der Waals surface area (Å²) >= 11 is 13.2. The first-order valence-electron chi connectivity index (χ1n) is 5.70. The van der Waals surface area contributed by atoms with Gasteiger partial charge in [0.15, 0.2) is 0 Å². The van der Waals surface area contributed by atoms with E-state index < -0.39 is 0 Å². The van der Waals surface area contributed by atoms with Gasteiger partial charge in [-0.25, -0.2) is 0 Å². The van der Waals surface area contributed by atoms with Crippen LogP contribution in [0.5, 0.6) is 11.5 Å². The molecule has 0 amide bonds. The molecule has 0 aromatic heterocycles. The van der Waals surface area contributed by atoms with Gasteiger partial charge in [0.25, 0.3) is 0 Å². The van der Waals surface area contributed by atoms with Crippen LogP contribution in [-0.2, 0) is 0 Å². The van der Waals surface area contributed by atoms with E-state index in [1.54, 1.807) is 7.11 Å². The molecule has 1 aliphatic carbocycles. The molecule has 0 heterocycles. The molecule has 1 fully saturated rings. The van der Waals surface area contributed by atoms with Gasteiger partial charge in [0.05, 0.1) is 16.1 Å². The van der Waals surface area contributed by atoms with E-state index >= 15 is 0 Å². The summed E-state index contributed by atoms with van der Waals surface area (Å²) in [4.78, 5) is 0. The van der Waals surface area contributed by atoms with Crippen molar-refractivity contribution in [1.82, 2.24) is 0 Å². The third kappa shape index (κ3) is 2.52. The molecule has 5 heteroatoms. The molecule has 2 atom stereocenters. The van der Waals surface area contributed by atoms with Gasteiger partial charge >= 0.3 is 0 Å². The first-order valence-corrected chi connectivity index (χ1v) is 7.72. The lowest BCUT2D eigenvalue weighted by Gasteiger charge is -2.48. The van der Waals surface area contributed by atoms with Gasteiger partial charge < -0.3 is 9.47 Å². The van der Waals surface area contributed by atoms with Gasteiger partial charge in [-0.05, 0) is 44.0 Å². The molecule has 1 aromatic rings. The van der Waals surface area contributed by atoms with E-state index in [2.05, 4.69) is 45.7 Å². The zero-order chi connectivity index (χ0) is 13.5. The molecule has 0 radical (unpaired) electrons. The number of hydrogen-bond donors (Lipinski definition) is 0. The van der Waals surface area contributed by atoms with Crippen molar-refractivity contribution in [3.8, 4) is 11.5 Å². The Hall–Kier alpha value is 0.0700. The standard InChI is InChI=1S/C13H15Br2ClO2/c1-13(2)11(16)6-12(13)18-10-5-7(14)9(17-3)4-8(10)15/h4-5,11-12H,6H2,1-3H3. The molecule has 2 rings (SSSR count). The lowest BCUT2D eigenvalue weighted by Crippen LogP contribution is -2.53. The summed E-state index contributed by atoms with van der Waals surface area (Å²) in [6.07, 6.45) is 1.03. The number of rotatable bonds is 3. The second-order valence-corrected chi connectivity index (χ2v) is 7.28. The van der Waals surface area contributed by atoms with Crippen molar-refractivity contribution < 1.29 is 9.47 Å². The Morgan fingerprint density at radius 1 is 1.22 bits per heavy atom. The minimum Gasteiger partial charge on any atom is -0.496 e. The third-order valence-electron chi connectivity index (χ3n) is 3.53. The summed E-state index contributed by atoms with van der Waals surface area (Å²) < 4.78 is 13.0. The Balaban J connectivity index is 2.18. The molecular weight excluding hydrogens is 383 g/mol. The summed E-state index contributed by atoms with van der Waals surface area (Å²) in [5, 5.41) is 0.183. The van der Waals surface area contributed by atoms with Crippen molar-refractivity contribution in [3.63, 3.8) is 0 Å². The predicted octanol–water partition coefficient (Wildman–Crippen LogP) is 5.00. The van der Waals surface area contributed by atoms with E-state index in [1.165, 1.54) is 0 Å². The van der Waals surface area contributed by atoms with Crippen LogP contribution in [0.25, 0.3) is 0 Å². The van der Waals surface area contributed by atoms with Gasteiger partial charge in [0.1, 0.15) is 17.6 Å². The molecule has 0 bridgehead atoms. The Labute approximate surface area is 129 Å². The van der Waals surface area contributed by atoms with E-state index in [4.69, 9.17) is 21.1 Å². The lowest BCUT2D eigenvalue weighted by molar-refractivity contribution is -0.0135. The molecule has 1 aliphatic rings. The van der Waals surface area contributed by atoms with Crippen LogP contribution in [0.2, 0.25) is 0 Å². The van der Waals surface area contributed by atoms with Crippen LogP contribution in [0, 0.1) is 5.41 Å². The molecule has 2 nitrogen and oxygen atoms in total. The van der Waals surface area contributed by atoms with Crippen molar-refractivity contribution in [2.75, 3.05) is 7.11 Å². The maximum atomic E-state index is 6.20. The van der Waals surface area contributed by atoms with E-state index in [0.29, 0.717) is 0 Å². The Morgan fingerprint density at radius 3 is 2.28 bits per heavy atom. The first kappa shape index (κ1) is 14.5. The van der Waals surface area contributed by atoms with Gasteiger partial charge in [-0.15, -0.1) is 11.6 Å². The maximum absolute atomic E-state index is 6.20. The molecule has 1 aromatic carbocycles. The molecule has 100 valence electrons. The predicted molar refractivity (Wildman–Crippen MR) is 80.8 cm³/mol. The van der Waals surface area contributed by atoms with Gasteiger partial charge in [0, 0.05) is 17.2 Å². The van der Waals surface area contributed by atoms with E-state index in [9.17, 15) is 0 Å². The van der Waals surface area contributed by atoms with Crippen LogP contribution in [0.1, 0.15) is 20.3 Å². The molecule has 2 unspecified atom stereocenters. The van der Waals surface area contributed by atoms with Crippen LogP contribution in [0.4, 0.5) is 0 Å². The monoisotopic (exact) mass is 396 g/mol. The Morgan fingerprint density at radius 2 is 1.78 bits per heavy atom. The maximum Gasteiger partial charge on any atom is 0.135 e. The highest BCUT2D eigenvalue weighted by molar-refractivity contribution is 9.11. The van der Waals surface area contributed by atoms with Crippen molar-refractivity contribution in [3.05, 3.63) is 21.1 Å². The lowest BCUT2D eigenvalue weighted by atomic mass is 9.68. The fraction of sp³-hybridized carbons (Fsp3) is 0.538. The number of halogens is 3. The SMILES string of the molecule is COc1cc(Br)c(OC2CC(Cl)C2(C)C)cc1Br. The largest absolute Gasteiger partial charge is 0.496 e. The summed E-state index contributed by atoms with van der Waals surface area (Å²) in [6.45, 7) is 4.26. The van der Waals surface area contributed by atoms with E-state index in [1.807, 2.05) is 12.1 Å². The highest BCUT2D eigenvalue weighted by Gasteiger charge is 2.49. The first-order chi connectivity index (χ1) is 8.36. The van der Waals surface area contributed by atoms with Crippen molar-refractivity contribution in [2.45, 2.75) is 31.7 Å². The normalized spacial score (nSPS) is 25.4. The van der Waals surface area contributed by atoms with Gasteiger partial charge in [0.2, 0.25) is 0 Å². The summed E-state index contributed by atoms with van der Waals surface area (Å²) in [7, 11) is 1.64. The molecule has 0 N–H and O–H groups in total. The smallest absolute Gasteiger partial charge is 0.135 e. The fourth-order valence-corrected chi connectivity index (χ4v) is 3.15. The average Bonchev–Trinajstić information content (AvgIpc) is 2.32. The molecule has 18 heavy (non-hydrogen) atoms. The third-order valence-corrected chi connectivity index (χ3v) is 5.51. The number of benzene rings is 1. The van der Waals surface area contributed by atoms with Crippen molar-refractivity contribution >= 4 is 43.5 Å². The zero-order valence-corrected chi connectivity index (χ0v) is 14.4. The van der Waals surface area contributed by atoms with Gasteiger partial charge in [-0.2, -0.15) is 0 Å². The van der Waals surface area contributed by atoms with Crippen LogP contribution < -0.4 is 9.47 Å². The van der Waals surface area contributed by atoms with Crippen molar-refractivity contribution in [1.29, 1.82) is 0 Å². The second kappa shape index (κ2) is 5.22. The highest BCUT2D eigenvalue weighted by atomic mass is 79.9. The quantitative estimate of drug-likeness (QED) is 0.667. The van der Waals surface area contributed by atoms with E-state index in [0.717, 1.165) is 26.9 Å². The topological polar surface area (TPSA) is 18.5 Å². The molecule has 0 aliphatic heterocycles. The Bertz CT molecular complexity index is 463. The van der Waals surface area contributed by atoms with Gasteiger partial charge in [-0.3, -0.25) is 0 Å². The Kier molecular flexibility index (Phi) is 4.20. The van der Waals surface area contributed by atoms with E-state index in [-0.39, 0.29) is 16.9 Å². The second-order valence-electron chi connectivity index (χ2n) is 5.05. The van der Waals surface area contributed by atoms with Gasteiger partial charge in [-0.1, -0.05) is 13.8 Å². The molecule has 1 saturated carbocycles. The number of ether oxygens (including phenoxy) is 2. The minimum absolute atomic E-state index is 0.00734.